The number of carbonyl (C=O) groups is 2. The average Bonchev–Trinajstić information content (AvgIpc) is 3.10. The maximum Gasteiger partial charge on any atom is 0.326 e. The van der Waals surface area contributed by atoms with Crippen molar-refractivity contribution in [3.05, 3.63) is 23.8 Å². The van der Waals surface area contributed by atoms with Crippen molar-refractivity contribution in [3.63, 3.8) is 0 Å². The molecule has 1 amide bonds. The molecule has 1 heterocycles. The van der Waals surface area contributed by atoms with Crippen molar-refractivity contribution in [2.75, 3.05) is 0 Å². The van der Waals surface area contributed by atoms with E-state index in [-0.39, 0.29) is 11.6 Å². The number of aromatic nitrogens is 2. The van der Waals surface area contributed by atoms with E-state index < -0.39 is 17.9 Å². The zero-order chi connectivity index (χ0) is 12.4. The van der Waals surface area contributed by atoms with Gasteiger partial charge in [0, 0.05) is 6.20 Å². The molecule has 90 valence electrons. The van der Waals surface area contributed by atoms with E-state index in [1.54, 1.807) is 6.92 Å². The zero-order valence-electron chi connectivity index (χ0n) is 9.38. The predicted molar refractivity (Wildman–Crippen MR) is 58.4 cm³/mol. The number of carbonyl (C=O) groups excluding carboxylic acids is 1. The molecular formula is C11H13N3O3. The predicted octanol–water partition coefficient (Wildman–Crippen LogP) is 0.378. The third-order valence-electron chi connectivity index (χ3n) is 2.66. The number of amides is 1. The molecule has 1 saturated carbocycles. The van der Waals surface area contributed by atoms with E-state index in [9.17, 15) is 9.59 Å². The van der Waals surface area contributed by atoms with E-state index in [1.807, 2.05) is 0 Å². The number of carboxylic acid groups (broad SMARTS) is 1. The molecule has 1 aliphatic carbocycles. The number of nitrogens with one attached hydrogen (secondary N) is 1. The molecule has 1 aromatic rings. The maximum atomic E-state index is 11.7. The molecule has 0 radical (unpaired) electrons. The van der Waals surface area contributed by atoms with E-state index in [0.29, 0.717) is 5.69 Å². The Hall–Kier alpha value is -1.98. The highest BCUT2D eigenvalue weighted by atomic mass is 16.4. The van der Waals surface area contributed by atoms with Gasteiger partial charge in [-0.05, 0) is 25.7 Å². The van der Waals surface area contributed by atoms with Crippen molar-refractivity contribution in [1.82, 2.24) is 15.3 Å². The molecule has 1 fully saturated rings. The van der Waals surface area contributed by atoms with Crippen LogP contribution in [0, 0.1) is 12.8 Å². The van der Waals surface area contributed by atoms with Gasteiger partial charge in [0.2, 0.25) is 0 Å². The van der Waals surface area contributed by atoms with Crippen LogP contribution < -0.4 is 5.32 Å². The summed E-state index contributed by atoms with van der Waals surface area (Å²) in [5, 5.41) is 11.4. The third-order valence-corrected chi connectivity index (χ3v) is 2.66. The number of nitrogens with zero attached hydrogens (tertiary/aromatic N) is 2. The lowest BCUT2D eigenvalue weighted by Crippen LogP contribution is -2.42. The Morgan fingerprint density at radius 1 is 1.41 bits per heavy atom. The summed E-state index contributed by atoms with van der Waals surface area (Å²) in [5.41, 5.74) is 0.848. The van der Waals surface area contributed by atoms with Crippen LogP contribution in [0.2, 0.25) is 0 Å². The summed E-state index contributed by atoms with van der Waals surface area (Å²) in [6, 6.07) is -0.814. The number of carboxylic acids is 1. The highest BCUT2D eigenvalue weighted by Crippen LogP contribution is 2.32. The van der Waals surface area contributed by atoms with E-state index in [1.165, 1.54) is 12.4 Å². The number of hydrogen-bond acceptors (Lipinski definition) is 4. The van der Waals surface area contributed by atoms with Gasteiger partial charge in [-0.3, -0.25) is 9.78 Å². The zero-order valence-corrected chi connectivity index (χ0v) is 9.38. The molecule has 0 aromatic carbocycles. The molecule has 1 atom stereocenters. The van der Waals surface area contributed by atoms with Crippen LogP contribution >= 0.6 is 0 Å². The minimum Gasteiger partial charge on any atom is -0.480 e. The van der Waals surface area contributed by atoms with Gasteiger partial charge >= 0.3 is 5.97 Å². The first-order chi connectivity index (χ1) is 8.08. The van der Waals surface area contributed by atoms with Gasteiger partial charge in [0.1, 0.15) is 11.7 Å². The molecule has 0 saturated heterocycles. The number of rotatable bonds is 4. The molecular weight excluding hydrogens is 222 g/mol. The van der Waals surface area contributed by atoms with Crippen molar-refractivity contribution >= 4 is 11.9 Å². The van der Waals surface area contributed by atoms with E-state index in [4.69, 9.17) is 5.11 Å². The van der Waals surface area contributed by atoms with Crippen molar-refractivity contribution in [3.8, 4) is 0 Å². The lowest BCUT2D eigenvalue weighted by Gasteiger charge is -2.12. The van der Waals surface area contributed by atoms with Gasteiger partial charge in [0.15, 0.2) is 0 Å². The van der Waals surface area contributed by atoms with Crippen LogP contribution in [0.15, 0.2) is 12.4 Å². The van der Waals surface area contributed by atoms with Gasteiger partial charge < -0.3 is 10.4 Å². The van der Waals surface area contributed by atoms with Crippen molar-refractivity contribution < 1.29 is 14.7 Å². The number of aliphatic carboxylic acids is 1. The van der Waals surface area contributed by atoms with Gasteiger partial charge in [-0.1, -0.05) is 0 Å². The lowest BCUT2D eigenvalue weighted by atomic mass is 10.2. The first kappa shape index (κ1) is 11.5. The first-order valence-corrected chi connectivity index (χ1v) is 5.40. The van der Waals surface area contributed by atoms with Gasteiger partial charge in [-0.15, -0.1) is 0 Å². The average molecular weight is 235 g/mol. The standard InChI is InChI=1S/C11H13N3O3/c1-6-4-13-8(5-12-6)10(15)14-9(11(16)17)7-2-3-7/h4-5,7,9H,2-3H2,1H3,(H,14,15)(H,16,17). The second-order valence-electron chi connectivity index (χ2n) is 4.17. The SMILES string of the molecule is Cc1cnc(C(=O)NC(C(=O)O)C2CC2)cn1. The summed E-state index contributed by atoms with van der Waals surface area (Å²) < 4.78 is 0. The molecule has 0 aliphatic heterocycles. The van der Waals surface area contributed by atoms with Crippen LogP contribution in [0.4, 0.5) is 0 Å². The summed E-state index contributed by atoms with van der Waals surface area (Å²) in [5.74, 6) is -1.44. The molecule has 1 aliphatic rings. The molecule has 6 heteroatoms. The van der Waals surface area contributed by atoms with Crippen LogP contribution in [0.5, 0.6) is 0 Å². The fraction of sp³-hybridized carbons (Fsp3) is 0.455. The largest absolute Gasteiger partial charge is 0.480 e. The summed E-state index contributed by atoms with van der Waals surface area (Å²) in [4.78, 5) is 30.5. The van der Waals surface area contributed by atoms with Crippen LogP contribution in [-0.2, 0) is 4.79 Å². The summed E-state index contributed by atoms with van der Waals surface area (Å²) in [7, 11) is 0. The normalized spacial score (nSPS) is 16.3. The minimum absolute atomic E-state index is 0.0508. The van der Waals surface area contributed by atoms with Crippen LogP contribution in [-0.4, -0.2) is 33.0 Å². The molecule has 0 spiro atoms. The smallest absolute Gasteiger partial charge is 0.326 e. The van der Waals surface area contributed by atoms with Gasteiger partial charge in [-0.25, -0.2) is 9.78 Å². The van der Waals surface area contributed by atoms with Crippen molar-refractivity contribution in [2.45, 2.75) is 25.8 Å². The molecule has 1 unspecified atom stereocenters. The van der Waals surface area contributed by atoms with Gasteiger partial charge in [-0.2, -0.15) is 0 Å². The molecule has 6 nitrogen and oxygen atoms in total. The summed E-state index contributed by atoms with van der Waals surface area (Å²) >= 11 is 0. The Bertz CT molecular complexity index is 440. The van der Waals surface area contributed by atoms with Crippen molar-refractivity contribution in [1.29, 1.82) is 0 Å². The van der Waals surface area contributed by atoms with E-state index in [0.717, 1.165) is 12.8 Å². The van der Waals surface area contributed by atoms with Crippen molar-refractivity contribution in [2.24, 2.45) is 5.92 Å². The quantitative estimate of drug-likeness (QED) is 0.787. The highest BCUT2D eigenvalue weighted by molar-refractivity contribution is 5.94. The Morgan fingerprint density at radius 3 is 2.59 bits per heavy atom. The molecule has 1 aromatic heterocycles. The molecule has 2 rings (SSSR count). The van der Waals surface area contributed by atoms with Gasteiger partial charge in [0.25, 0.3) is 5.91 Å². The fourth-order valence-corrected chi connectivity index (χ4v) is 1.54. The van der Waals surface area contributed by atoms with Crippen LogP contribution in [0.1, 0.15) is 29.0 Å². The molecule has 0 bridgehead atoms. The van der Waals surface area contributed by atoms with E-state index >= 15 is 0 Å². The second-order valence-corrected chi connectivity index (χ2v) is 4.17. The Morgan fingerprint density at radius 2 is 2.12 bits per heavy atom. The summed E-state index contributed by atoms with van der Waals surface area (Å²) in [6.07, 6.45) is 4.51. The topological polar surface area (TPSA) is 92.2 Å². The maximum absolute atomic E-state index is 11.7. The minimum atomic E-state index is -0.999. The second kappa shape index (κ2) is 4.48. The Kier molecular flexibility index (Phi) is 3.03. The van der Waals surface area contributed by atoms with Crippen LogP contribution in [0.25, 0.3) is 0 Å². The summed E-state index contributed by atoms with van der Waals surface area (Å²) in [6.45, 7) is 1.76. The van der Waals surface area contributed by atoms with Crippen LogP contribution in [0.3, 0.4) is 0 Å². The highest BCUT2D eigenvalue weighted by Gasteiger charge is 2.37. The first-order valence-electron chi connectivity index (χ1n) is 5.40. The number of aryl methyl sites for hydroxylation is 1. The number of hydrogen-bond donors (Lipinski definition) is 2. The fourth-order valence-electron chi connectivity index (χ4n) is 1.54. The molecule has 17 heavy (non-hydrogen) atoms. The third kappa shape index (κ3) is 2.77. The van der Waals surface area contributed by atoms with Gasteiger partial charge in [0.05, 0.1) is 11.9 Å². The Labute approximate surface area is 98.1 Å². The van der Waals surface area contributed by atoms with E-state index in [2.05, 4.69) is 15.3 Å². The Balaban J connectivity index is 2.04. The molecule has 2 N–H and O–H groups in total. The lowest BCUT2D eigenvalue weighted by molar-refractivity contribution is -0.139. The monoisotopic (exact) mass is 235 g/mol.